The van der Waals surface area contributed by atoms with E-state index in [1.54, 1.807) is 7.11 Å². The molecule has 3 nitrogen and oxygen atoms in total. The van der Waals surface area contributed by atoms with Crippen molar-refractivity contribution in [1.29, 1.82) is 0 Å². The molecule has 1 aromatic rings. The Morgan fingerprint density at radius 3 is 2.79 bits per heavy atom. The lowest BCUT2D eigenvalue weighted by molar-refractivity contribution is -0.122. The Kier molecular flexibility index (Phi) is 6.35. The fraction of sp³-hybridized carbons (Fsp3) is 0.533. The van der Waals surface area contributed by atoms with Crippen LogP contribution in [0.25, 0.3) is 0 Å². The Hall–Kier alpha value is -1.03. The average Bonchev–Trinajstić information content (AvgIpc) is 2.39. The molecule has 0 bridgehead atoms. The number of rotatable bonds is 7. The highest BCUT2D eigenvalue weighted by molar-refractivity contribution is 9.09. The number of hydrogen-bond acceptors (Lipinski definition) is 2. The minimum Gasteiger partial charge on any atom is -0.497 e. The Labute approximate surface area is 123 Å². The van der Waals surface area contributed by atoms with E-state index in [-0.39, 0.29) is 11.4 Å². The fourth-order valence-corrected chi connectivity index (χ4v) is 2.76. The topological polar surface area (TPSA) is 38.3 Å². The Morgan fingerprint density at radius 2 is 2.21 bits per heavy atom. The SMILES string of the molecule is CCC(C)(CCBr)NC(=O)Cc1cccc(OC)c1. The fourth-order valence-electron chi connectivity index (χ4n) is 1.88. The van der Waals surface area contributed by atoms with E-state index < -0.39 is 0 Å². The van der Waals surface area contributed by atoms with Gasteiger partial charge in [-0.25, -0.2) is 0 Å². The number of methoxy groups -OCH3 is 1. The van der Waals surface area contributed by atoms with Gasteiger partial charge in [-0.1, -0.05) is 35.0 Å². The van der Waals surface area contributed by atoms with E-state index in [2.05, 4.69) is 35.1 Å². The van der Waals surface area contributed by atoms with Crippen molar-refractivity contribution in [1.82, 2.24) is 5.32 Å². The molecule has 106 valence electrons. The van der Waals surface area contributed by atoms with E-state index in [0.717, 1.165) is 29.5 Å². The molecule has 0 radical (unpaired) electrons. The lowest BCUT2D eigenvalue weighted by Crippen LogP contribution is -2.46. The van der Waals surface area contributed by atoms with Gasteiger partial charge in [0.05, 0.1) is 13.5 Å². The maximum Gasteiger partial charge on any atom is 0.224 e. The zero-order chi connectivity index (χ0) is 14.3. The molecular weight excluding hydrogens is 306 g/mol. The number of carbonyl (C=O) groups excluding carboxylic acids is 1. The van der Waals surface area contributed by atoms with Gasteiger partial charge in [0.25, 0.3) is 0 Å². The van der Waals surface area contributed by atoms with Crippen molar-refractivity contribution in [2.24, 2.45) is 0 Å². The summed E-state index contributed by atoms with van der Waals surface area (Å²) in [5.41, 5.74) is 0.827. The first kappa shape index (κ1) is 16.0. The predicted molar refractivity (Wildman–Crippen MR) is 81.9 cm³/mol. The van der Waals surface area contributed by atoms with Gasteiger partial charge >= 0.3 is 0 Å². The first-order valence-electron chi connectivity index (χ1n) is 6.53. The van der Waals surface area contributed by atoms with Gasteiger partial charge in [0.15, 0.2) is 0 Å². The van der Waals surface area contributed by atoms with E-state index >= 15 is 0 Å². The van der Waals surface area contributed by atoms with Crippen molar-refractivity contribution in [2.75, 3.05) is 12.4 Å². The lowest BCUT2D eigenvalue weighted by Gasteiger charge is -2.29. The number of halogens is 1. The van der Waals surface area contributed by atoms with Gasteiger partial charge in [-0.3, -0.25) is 4.79 Å². The predicted octanol–water partition coefficient (Wildman–Crippen LogP) is 3.31. The van der Waals surface area contributed by atoms with Crippen molar-refractivity contribution >= 4 is 21.8 Å². The normalized spacial score (nSPS) is 13.7. The first-order valence-corrected chi connectivity index (χ1v) is 7.65. The molecule has 0 fully saturated rings. The number of benzene rings is 1. The highest BCUT2D eigenvalue weighted by Crippen LogP contribution is 2.17. The van der Waals surface area contributed by atoms with Crippen molar-refractivity contribution in [2.45, 2.75) is 38.6 Å². The molecule has 4 heteroatoms. The van der Waals surface area contributed by atoms with Crippen LogP contribution in [0, 0.1) is 0 Å². The second kappa shape index (κ2) is 7.53. The van der Waals surface area contributed by atoms with Crippen LogP contribution in [0.15, 0.2) is 24.3 Å². The molecule has 0 spiro atoms. The maximum atomic E-state index is 12.1. The van der Waals surface area contributed by atoms with Gasteiger partial charge in [-0.05, 0) is 37.5 Å². The third-order valence-electron chi connectivity index (χ3n) is 3.37. The summed E-state index contributed by atoms with van der Waals surface area (Å²) >= 11 is 3.43. The molecular formula is C15H22BrNO2. The maximum absolute atomic E-state index is 12.1. The summed E-state index contributed by atoms with van der Waals surface area (Å²) in [7, 11) is 1.63. The van der Waals surface area contributed by atoms with E-state index in [1.165, 1.54) is 0 Å². The van der Waals surface area contributed by atoms with E-state index in [9.17, 15) is 4.79 Å². The van der Waals surface area contributed by atoms with E-state index in [0.29, 0.717) is 6.42 Å². The number of amides is 1. The molecule has 19 heavy (non-hydrogen) atoms. The monoisotopic (exact) mass is 327 g/mol. The Balaban J connectivity index is 2.63. The number of carbonyl (C=O) groups is 1. The second-order valence-electron chi connectivity index (χ2n) is 4.93. The summed E-state index contributed by atoms with van der Waals surface area (Å²) in [5.74, 6) is 0.836. The molecule has 0 heterocycles. The van der Waals surface area contributed by atoms with Crippen LogP contribution in [0.3, 0.4) is 0 Å². The molecule has 0 aromatic heterocycles. The number of ether oxygens (including phenoxy) is 1. The van der Waals surface area contributed by atoms with E-state index in [4.69, 9.17) is 4.74 Å². The summed E-state index contributed by atoms with van der Waals surface area (Å²) in [6.45, 7) is 4.17. The summed E-state index contributed by atoms with van der Waals surface area (Å²) in [5, 5.41) is 4.01. The largest absolute Gasteiger partial charge is 0.497 e. The zero-order valence-corrected chi connectivity index (χ0v) is 13.4. The second-order valence-corrected chi connectivity index (χ2v) is 5.72. The smallest absolute Gasteiger partial charge is 0.224 e. The lowest BCUT2D eigenvalue weighted by atomic mass is 9.95. The van der Waals surface area contributed by atoms with Gasteiger partial charge in [-0.15, -0.1) is 0 Å². The summed E-state index contributed by atoms with van der Waals surface area (Å²) in [6, 6.07) is 7.62. The molecule has 1 aromatic carbocycles. The van der Waals surface area contributed by atoms with Crippen LogP contribution in [0.2, 0.25) is 0 Å². The van der Waals surface area contributed by atoms with Crippen molar-refractivity contribution in [3.63, 3.8) is 0 Å². The van der Waals surface area contributed by atoms with Crippen LogP contribution in [-0.2, 0) is 11.2 Å². The molecule has 0 saturated heterocycles. The van der Waals surface area contributed by atoms with E-state index in [1.807, 2.05) is 24.3 Å². The van der Waals surface area contributed by atoms with Gasteiger partial charge in [-0.2, -0.15) is 0 Å². The standard InChI is InChI=1S/C15H22BrNO2/c1-4-15(2,8-9-16)17-14(18)11-12-6-5-7-13(10-12)19-3/h5-7,10H,4,8-9,11H2,1-3H3,(H,17,18). The van der Waals surface area contributed by atoms with Gasteiger partial charge in [0.1, 0.15) is 5.75 Å². The van der Waals surface area contributed by atoms with Crippen molar-refractivity contribution in [3.8, 4) is 5.75 Å². The van der Waals surface area contributed by atoms with Crippen LogP contribution in [0.1, 0.15) is 32.3 Å². The minimum atomic E-state index is -0.139. The third-order valence-corrected chi connectivity index (χ3v) is 3.76. The molecule has 0 aliphatic carbocycles. The van der Waals surface area contributed by atoms with Gasteiger partial charge < -0.3 is 10.1 Å². The van der Waals surface area contributed by atoms with Crippen LogP contribution in [0.5, 0.6) is 5.75 Å². The molecule has 1 N–H and O–H groups in total. The number of nitrogens with one attached hydrogen (secondary N) is 1. The third kappa shape index (κ3) is 5.23. The van der Waals surface area contributed by atoms with Crippen LogP contribution < -0.4 is 10.1 Å². The average molecular weight is 328 g/mol. The summed E-state index contributed by atoms with van der Waals surface area (Å²) < 4.78 is 5.16. The molecule has 1 unspecified atom stereocenters. The number of alkyl halides is 1. The van der Waals surface area contributed by atoms with Crippen LogP contribution in [0.4, 0.5) is 0 Å². The van der Waals surface area contributed by atoms with Crippen molar-refractivity contribution in [3.05, 3.63) is 29.8 Å². The Morgan fingerprint density at radius 1 is 1.47 bits per heavy atom. The highest BCUT2D eigenvalue weighted by Gasteiger charge is 2.23. The van der Waals surface area contributed by atoms with Gasteiger partial charge in [0.2, 0.25) is 5.91 Å². The molecule has 1 atom stereocenters. The summed E-state index contributed by atoms with van der Waals surface area (Å²) in [4.78, 5) is 12.1. The highest BCUT2D eigenvalue weighted by atomic mass is 79.9. The molecule has 0 aliphatic heterocycles. The van der Waals surface area contributed by atoms with Crippen molar-refractivity contribution < 1.29 is 9.53 Å². The quantitative estimate of drug-likeness (QED) is 0.780. The Bertz CT molecular complexity index is 422. The van der Waals surface area contributed by atoms with Gasteiger partial charge in [0, 0.05) is 10.9 Å². The van der Waals surface area contributed by atoms with Crippen LogP contribution in [-0.4, -0.2) is 23.9 Å². The molecule has 0 aliphatic rings. The molecule has 0 saturated carbocycles. The molecule has 1 rings (SSSR count). The molecule has 1 amide bonds. The number of hydrogen-bond donors (Lipinski definition) is 1. The minimum absolute atomic E-state index is 0.0542. The van der Waals surface area contributed by atoms with Crippen LogP contribution >= 0.6 is 15.9 Å². The zero-order valence-electron chi connectivity index (χ0n) is 11.8. The first-order chi connectivity index (χ1) is 9.03. The summed E-state index contributed by atoms with van der Waals surface area (Å²) in [6.07, 6.45) is 2.23.